The van der Waals surface area contributed by atoms with Crippen LogP contribution in [0.1, 0.15) is 43.2 Å². The molecule has 0 aliphatic heterocycles. The minimum atomic E-state index is 0.00363. The Kier molecular flexibility index (Phi) is 8.88. The fourth-order valence-corrected chi connectivity index (χ4v) is 14.8. The van der Waals surface area contributed by atoms with Crippen molar-refractivity contribution in [3.05, 3.63) is 242 Å². The molecular formula is C68H52N2. The van der Waals surface area contributed by atoms with Crippen LogP contribution in [0.4, 0.5) is 17.1 Å². The Bertz CT molecular complexity index is 3790. The predicted molar refractivity (Wildman–Crippen MR) is 293 cm³/mol. The summed E-state index contributed by atoms with van der Waals surface area (Å²) < 4.78 is 2.40. The maximum Gasteiger partial charge on any atom is 0.0541 e. The van der Waals surface area contributed by atoms with E-state index in [1.807, 2.05) is 0 Å². The van der Waals surface area contributed by atoms with Crippen LogP contribution in [0.15, 0.2) is 231 Å². The van der Waals surface area contributed by atoms with Gasteiger partial charge in [0, 0.05) is 38.9 Å². The number of benzene rings is 10. The lowest BCUT2D eigenvalue weighted by atomic mass is 9.43. The molecule has 0 amide bonds. The summed E-state index contributed by atoms with van der Waals surface area (Å²) >= 11 is 0. The highest BCUT2D eigenvalue weighted by Gasteiger charge is 2.62. The first kappa shape index (κ1) is 40.0. The van der Waals surface area contributed by atoms with E-state index in [4.69, 9.17) is 0 Å². The third-order valence-corrected chi connectivity index (χ3v) is 17.4. The van der Waals surface area contributed by atoms with E-state index in [9.17, 15) is 0 Å². The highest BCUT2D eigenvalue weighted by molar-refractivity contribution is 6.11. The molecule has 4 bridgehead atoms. The van der Waals surface area contributed by atoms with E-state index in [1.54, 1.807) is 11.1 Å². The van der Waals surface area contributed by atoms with Gasteiger partial charge in [0.2, 0.25) is 0 Å². The number of hydrogen-bond acceptors (Lipinski definition) is 1. The van der Waals surface area contributed by atoms with Crippen LogP contribution in [-0.4, -0.2) is 4.57 Å². The molecule has 0 unspecified atom stereocenters. The van der Waals surface area contributed by atoms with E-state index >= 15 is 0 Å². The first-order valence-electron chi connectivity index (χ1n) is 25.6. The molecule has 0 saturated heterocycles. The fourth-order valence-electron chi connectivity index (χ4n) is 14.8. The van der Waals surface area contributed by atoms with Crippen LogP contribution in [0.5, 0.6) is 0 Å². The standard InChI is InChI=1S/C68H52N2/c1-3-14-46(15-4-1)47-26-31-54(32-27-47)69(55-33-28-48(29-34-55)50-30-35-66-61(41-50)59-21-10-12-25-65(59)70(66)53-18-5-2-6-19-53)56-42-62(58-23-13-17-49-16-7-8-20-57(49)58)67-60-22-9-11-24-63(60)68(64(67)43-56)51-37-44-36-45(39-51)40-52(68)38-44/h1-35,41-45,51-52H,36-40H2/t44-,45+,51-,52?,68?. The number of anilines is 3. The van der Waals surface area contributed by atoms with Gasteiger partial charge in [0.25, 0.3) is 0 Å². The maximum absolute atomic E-state index is 2.67. The predicted octanol–water partition coefficient (Wildman–Crippen LogP) is 18.1. The van der Waals surface area contributed by atoms with Crippen molar-refractivity contribution in [3.63, 3.8) is 0 Å². The number of aromatic nitrogens is 1. The Morgan fingerprint density at radius 2 is 0.914 bits per heavy atom. The van der Waals surface area contributed by atoms with Crippen LogP contribution < -0.4 is 4.90 Å². The molecule has 11 aromatic rings. The van der Waals surface area contributed by atoms with Crippen LogP contribution in [0, 0.1) is 23.7 Å². The lowest BCUT2D eigenvalue weighted by molar-refractivity contribution is -0.0399. The molecule has 70 heavy (non-hydrogen) atoms. The summed E-state index contributed by atoms with van der Waals surface area (Å²) in [5, 5.41) is 5.11. The molecule has 0 radical (unpaired) electrons. The summed E-state index contributed by atoms with van der Waals surface area (Å²) in [5.41, 5.74) is 20.7. The second-order valence-corrected chi connectivity index (χ2v) is 20.9. The van der Waals surface area contributed by atoms with Crippen molar-refractivity contribution < 1.29 is 0 Å². The first-order chi connectivity index (χ1) is 34.7. The summed E-state index contributed by atoms with van der Waals surface area (Å²) in [6.45, 7) is 0. The third-order valence-electron chi connectivity index (χ3n) is 17.4. The van der Waals surface area contributed by atoms with Gasteiger partial charge in [-0.05, 0) is 189 Å². The van der Waals surface area contributed by atoms with E-state index in [0.717, 1.165) is 23.2 Å². The van der Waals surface area contributed by atoms with Crippen LogP contribution in [0.3, 0.4) is 0 Å². The van der Waals surface area contributed by atoms with Gasteiger partial charge in [-0.25, -0.2) is 0 Å². The molecule has 0 N–H and O–H groups in total. The Labute approximate surface area is 410 Å². The van der Waals surface area contributed by atoms with Gasteiger partial charge in [0.1, 0.15) is 0 Å². The Balaban J connectivity index is 0.937. The average Bonchev–Trinajstić information content (AvgIpc) is 3.92. The van der Waals surface area contributed by atoms with Crippen molar-refractivity contribution >= 4 is 49.6 Å². The molecule has 1 aromatic heterocycles. The molecule has 2 heteroatoms. The zero-order valence-corrected chi connectivity index (χ0v) is 39.2. The highest BCUT2D eigenvalue weighted by atomic mass is 15.1. The molecule has 1 heterocycles. The van der Waals surface area contributed by atoms with E-state index in [1.165, 1.54) is 121 Å². The lowest BCUT2D eigenvalue weighted by Gasteiger charge is -2.61. The zero-order chi connectivity index (χ0) is 45.9. The minimum absolute atomic E-state index is 0.00363. The van der Waals surface area contributed by atoms with Crippen molar-refractivity contribution in [1.82, 2.24) is 4.57 Å². The van der Waals surface area contributed by atoms with Gasteiger partial charge >= 0.3 is 0 Å². The largest absolute Gasteiger partial charge is 0.310 e. The molecular weight excluding hydrogens is 845 g/mol. The quantitative estimate of drug-likeness (QED) is 0.155. The van der Waals surface area contributed by atoms with Gasteiger partial charge in [-0.2, -0.15) is 0 Å². The van der Waals surface area contributed by atoms with Crippen molar-refractivity contribution in [2.45, 2.75) is 37.5 Å². The number of nitrogens with zero attached hydrogens (tertiary/aromatic N) is 2. The first-order valence-corrected chi connectivity index (χ1v) is 25.6. The molecule has 1 spiro atoms. The number of fused-ring (bicyclic) bond motifs is 7. The number of hydrogen-bond donors (Lipinski definition) is 0. The smallest absolute Gasteiger partial charge is 0.0541 e. The number of rotatable bonds is 7. The molecule has 0 atom stereocenters. The van der Waals surface area contributed by atoms with Crippen molar-refractivity contribution in [2.24, 2.45) is 23.7 Å². The molecule has 5 aliphatic carbocycles. The van der Waals surface area contributed by atoms with Crippen LogP contribution in [0.25, 0.3) is 82.8 Å². The summed E-state index contributed by atoms with van der Waals surface area (Å²) in [7, 11) is 0. The fraction of sp³-hybridized carbons (Fsp3) is 0.147. The molecule has 4 saturated carbocycles. The van der Waals surface area contributed by atoms with Gasteiger partial charge in [0.05, 0.1) is 11.0 Å². The normalized spacial score (nSPS) is 20.6. The van der Waals surface area contributed by atoms with Gasteiger partial charge in [0.15, 0.2) is 0 Å². The van der Waals surface area contributed by atoms with Crippen LogP contribution >= 0.6 is 0 Å². The molecule has 10 aromatic carbocycles. The molecule has 2 nitrogen and oxygen atoms in total. The summed E-state index contributed by atoms with van der Waals surface area (Å²) in [6.07, 6.45) is 6.82. The molecule has 4 fully saturated rings. The monoisotopic (exact) mass is 896 g/mol. The van der Waals surface area contributed by atoms with Crippen LogP contribution in [0.2, 0.25) is 0 Å². The van der Waals surface area contributed by atoms with Crippen molar-refractivity contribution in [1.29, 1.82) is 0 Å². The minimum Gasteiger partial charge on any atom is -0.310 e. The summed E-state index contributed by atoms with van der Waals surface area (Å²) in [6, 6.07) is 86.8. The molecule has 16 rings (SSSR count). The van der Waals surface area contributed by atoms with Gasteiger partial charge in [-0.15, -0.1) is 0 Å². The van der Waals surface area contributed by atoms with Gasteiger partial charge < -0.3 is 9.47 Å². The Morgan fingerprint density at radius 1 is 0.357 bits per heavy atom. The van der Waals surface area contributed by atoms with Gasteiger partial charge in [-0.3, -0.25) is 0 Å². The van der Waals surface area contributed by atoms with E-state index < -0.39 is 0 Å². The Morgan fingerprint density at radius 3 is 1.66 bits per heavy atom. The lowest BCUT2D eigenvalue weighted by Crippen LogP contribution is -2.55. The van der Waals surface area contributed by atoms with E-state index in [2.05, 4.69) is 240 Å². The molecule has 5 aliphatic rings. The maximum atomic E-state index is 2.67. The third kappa shape index (κ3) is 5.92. The van der Waals surface area contributed by atoms with Crippen LogP contribution in [-0.2, 0) is 5.41 Å². The van der Waals surface area contributed by atoms with E-state index in [-0.39, 0.29) is 5.41 Å². The van der Waals surface area contributed by atoms with Gasteiger partial charge in [-0.1, -0.05) is 164 Å². The highest BCUT2D eigenvalue weighted by Crippen LogP contribution is 2.70. The zero-order valence-electron chi connectivity index (χ0n) is 39.2. The van der Waals surface area contributed by atoms with Crippen molar-refractivity contribution in [3.8, 4) is 50.2 Å². The van der Waals surface area contributed by atoms with Crippen molar-refractivity contribution in [2.75, 3.05) is 4.90 Å². The number of para-hydroxylation sites is 2. The molecule has 334 valence electrons. The Hall–Kier alpha value is -7.94. The second kappa shape index (κ2) is 15.5. The summed E-state index contributed by atoms with van der Waals surface area (Å²) in [4.78, 5) is 2.55. The summed E-state index contributed by atoms with van der Waals surface area (Å²) in [5.74, 6) is 3.04. The topological polar surface area (TPSA) is 8.17 Å². The van der Waals surface area contributed by atoms with E-state index in [0.29, 0.717) is 11.8 Å². The second-order valence-electron chi connectivity index (χ2n) is 20.9. The SMILES string of the molecule is c1ccc(-c2ccc(N(c3ccc(-c4ccc5c(c4)c4ccccc4n5-c4ccccc4)cc3)c3cc(-c4cccc5ccccc45)c4c(c3)C3(c5ccccc5-4)C4C[C@H]5C[C@@H](C4)C[C@@H]3C5)cc2)cc1. The average molecular weight is 897 g/mol.